The van der Waals surface area contributed by atoms with Gasteiger partial charge in [0, 0.05) is 65.5 Å². The van der Waals surface area contributed by atoms with Crippen molar-refractivity contribution in [1.29, 1.82) is 0 Å². The number of rotatable bonds is 7. The van der Waals surface area contributed by atoms with Gasteiger partial charge in [0.15, 0.2) is 5.96 Å². The second-order valence-corrected chi connectivity index (χ2v) is 8.42. The number of carbonyl (C=O) groups is 1. The lowest BCUT2D eigenvalue weighted by molar-refractivity contribution is -0.121. The lowest BCUT2D eigenvalue weighted by Gasteiger charge is -2.35. The summed E-state index contributed by atoms with van der Waals surface area (Å²) in [6.07, 6.45) is 4.59. The van der Waals surface area contributed by atoms with Crippen molar-refractivity contribution in [3.63, 3.8) is 0 Å². The van der Waals surface area contributed by atoms with Crippen LogP contribution in [0.5, 0.6) is 0 Å². The number of hydrogen-bond acceptors (Lipinski definition) is 5. The van der Waals surface area contributed by atoms with Gasteiger partial charge in [-0.05, 0) is 49.9 Å². The molecule has 0 spiro atoms. The predicted octanol–water partition coefficient (Wildman–Crippen LogP) is 1.54. The molecule has 8 nitrogen and oxygen atoms in total. The van der Waals surface area contributed by atoms with E-state index in [4.69, 9.17) is 4.99 Å². The molecule has 0 bridgehead atoms. The molecule has 2 saturated heterocycles. The van der Waals surface area contributed by atoms with Crippen LogP contribution in [0, 0.1) is 5.92 Å². The zero-order valence-corrected chi connectivity index (χ0v) is 19.4. The number of likely N-dealkylation sites (N-methyl/N-ethyl adjacent to an activating group) is 1. The third-order valence-corrected chi connectivity index (χ3v) is 6.37. The van der Waals surface area contributed by atoms with Gasteiger partial charge >= 0.3 is 0 Å². The summed E-state index contributed by atoms with van der Waals surface area (Å²) < 4.78 is 0. The molecule has 1 aromatic heterocycles. The Hall–Kier alpha value is -2.35. The van der Waals surface area contributed by atoms with Crippen LogP contribution in [0.1, 0.15) is 38.7 Å². The van der Waals surface area contributed by atoms with Crippen LogP contribution in [0.2, 0.25) is 0 Å². The molecule has 172 valence electrons. The molecule has 8 heteroatoms. The molecule has 3 heterocycles. The highest BCUT2D eigenvalue weighted by molar-refractivity contribution is 5.80. The van der Waals surface area contributed by atoms with E-state index >= 15 is 0 Å². The number of hydrogen-bond donors (Lipinski definition) is 2. The van der Waals surface area contributed by atoms with Crippen molar-refractivity contribution in [3.8, 4) is 0 Å². The lowest BCUT2D eigenvalue weighted by Crippen LogP contribution is -2.46. The summed E-state index contributed by atoms with van der Waals surface area (Å²) in [6, 6.07) is 4.25. The van der Waals surface area contributed by atoms with E-state index in [1.165, 1.54) is 5.56 Å². The summed E-state index contributed by atoms with van der Waals surface area (Å²) in [5.41, 5.74) is 1.19. The van der Waals surface area contributed by atoms with Crippen LogP contribution in [0.4, 0.5) is 5.82 Å². The number of piperidine rings is 1. The van der Waals surface area contributed by atoms with Gasteiger partial charge < -0.3 is 25.3 Å². The molecule has 0 aliphatic carbocycles. The van der Waals surface area contributed by atoms with E-state index in [9.17, 15) is 4.79 Å². The number of anilines is 1. The number of piperazine rings is 1. The molecular weight excluding hydrogens is 390 g/mol. The van der Waals surface area contributed by atoms with Crippen LogP contribution in [0.25, 0.3) is 0 Å². The van der Waals surface area contributed by atoms with Crippen LogP contribution in [-0.4, -0.2) is 86.1 Å². The van der Waals surface area contributed by atoms with E-state index in [1.807, 2.05) is 6.20 Å². The topological polar surface area (TPSA) is 76.1 Å². The van der Waals surface area contributed by atoms with E-state index in [1.54, 1.807) is 7.05 Å². The summed E-state index contributed by atoms with van der Waals surface area (Å²) in [5, 5.41) is 6.18. The van der Waals surface area contributed by atoms with E-state index in [-0.39, 0.29) is 5.91 Å². The first-order valence-corrected chi connectivity index (χ1v) is 11.8. The molecule has 0 radical (unpaired) electrons. The number of aliphatic imine (C=N–C) groups is 1. The van der Waals surface area contributed by atoms with Gasteiger partial charge in [-0.25, -0.2) is 9.98 Å². The maximum atomic E-state index is 11.7. The van der Waals surface area contributed by atoms with E-state index < -0.39 is 0 Å². The number of guanidine groups is 1. The predicted molar refractivity (Wildman–Crippen MR) is 126 cm³/mol. The SMILES string of the molecule is CCNC(=NCc1ccnc(N2CCN(CC)CC2)c1)N1CCC(CC(=O)NC)CC1. The molecule has 1 amide bonds. The van der Waals surface area contributed by atoms with Crippen molar-refractivity contribution in [2.45, 2.75) is 39.7 Å². The van der Waals surface area contributed by atoms with Crippen LogP contribution < -0.4 is 15.5 Å². The minimum Gasteiger partial charge on any atom is -0.359 e. The Labute approximate surface area is 187 Å². The molecule has 0 unspecified atom stereocenters. The third-order valence-electron chi connectivity index (χ3n) is 6.37. The van der Waals surface area contributed by atoms with Gasteiger partial charge in [-0.1, -0.05) is 6.92 Å². The fourth-order valence-corrected chi connectivity index (χ4v) is 4.33. The minimum atomic E-state index is 0.142. The van der Waals surface area contributed by atoms with Crippen molar-refractivity contribution in [1.82, 2.24) is 25.4 Å². The summed E-state index contributed by atoms with van der Waals surface area (Å²) in [5.74, 6) is 2.64. The highest BCUT2D eigenvalue weighted by Gasteiger charge is 2.23. The van der Waals surface area contributed by atoms with Crippen LogP contribution in [0.15, 0.2) is 23.3 Å². The minimum absolute atomic E-state index is 0.142. The Morgan fingerprint density at radius 1 is 1.16 bits per heavy atom. The average molecular weight is 430 g/mol. The first-order chi connectivity index (χ1) is 15.1. The standard InChI is InChI=1S/C23H39N7O/c1-4-25-23(30-10-7-19(8-11-30)17-22(31)24-3)27-18-20-6-9-26-21(16-20)29-14-12-28(5-2)13-15-29/h6,9,16,19H,4-5,7-8,10-15,17-18H2,1-3H3,(H,24,31)(H,25,27). The number of amides is 1. The molecule has 2 aliphatic rings. The first kappa shape index (κ1) is 23.3. The Morgan fingerprint density at radius 3 is 2.55 bits per heavy atom. The van der Waals surface area contributed by atoms with Crippen LogP contribution >= 0.6 is 0 Å². The number of aromatic nitrogens is 1. The summed E-state index contributed by atoms with van der Waals surface area (Å²) >= 11 is 0. The highest BCUT2D eigenvalue weighted by Crippen LogP contribution is 2.21. The molecule has 0 saturated carbocycles. The van der Waals surface area contributed by atoms with Crippen molar-refractivity contribution in [2.24, 2.45) is 10.9 Å². The van der Waals surface area contributed by atoms with Gasteiger partial charge in [0.1, 0.15) is 5.82 Å². The molecule has 2 fully saturated rings. The van der Waals surface area contributed by atoms with Gasteiger partial charge in [-0.3, -0.25) is 4.79 Å². The Balaban J connectivity index is 1.58. The number of nitrogens with zero attached hydrogens (tertiary/aromatic N) is 5. The van der Waals surface area contributed by atoms with Gasteiger partial charge in [0.2, 0.25) is 5.91 Å². The monoisotopic (exact) mass is 429 g/mol. The third kappa shape index (κ3) is 6.82. The van der Waals surface area contributed by atoms with E-state index in [0.29, 0.717) is 18.9 Å². The zero-order chi connectivity index (χ0) is 22.1. The number of pyridine rings is 1. The maximum absolute atomic E-state index is 11.7. The van der Waals surface area contributed by atoms with Crippen LogP contribution in [-0.2, 0) is 11.3 Å². The van der Waals surface area contributed by atoms with Gasteiger partial charge in [-0.15, -0.1) is 0 Å². The molecule has 2 N–H and O–H groups in total. The number of nitrogens with one attached hydrogen (secondary N) is 2. The molecule has 3 rings (SSSR count). The Morgan fingerprint density at radius 2 is 1.90 bits per heavy atom. The second kappa shape index (κ2) is 11.9. The fourth-order valence-electron chi connectivity index (χ4n) is 4.33. The van der Waals surface area contributed by atoms with E-state index in [0.717, 1.165) is 77.0 Å². The summed E-state index contributed by atoms with van der Waals surface area (Å²) in [4.78, 5) is 28.4. The number of carbonyl (C=O) groups excluding carboxylic acids is 1. The smallest absolute Gasteiger partial charge is 0.220 e. The van der Waals surface area contributed by atoms with Crippen molar-refractivity contribution < 1.29 is 4.79 Å². The van der Waals surface area contributed by atoms with Crippen molar-refractivity contribution in [2.75, 3.05) is 64.3 Å². The Bertz CT molecular complexity index is 722. The zero-order valence-electron chi connectivity index (χ0n) is 19.4. The van der Waals surface area contributed by atoms with Crippen molar-refractivity contribution in [3.05, 3.63) is 23.9 Å². The van der Waals surface area contributed by atoms with Gasteiger partial charge in [0.05, 0.1) is 6.54 Å². The molecule has 0 atom stereocenters. The molecule has 2 aliphatic heterocycles. The first-order valence-electron chi connectivity index (χ1n) is 11.8. The summed E-state index contributed by atoms with van der Waals surface area (Å²) in [7, 11) is 1.71. The molecular formula is C23H39N7O. The van der Waals surface area contributed by atoms with Crippen molar-refractivity contribution >= 4 is 17.7 Å². The largest absolute Gasteiger partial charge is 0.359 e. The Kier molecular flexibility index (Phi) is 8.94. The van der Waals surface area contributed by atoms with E-state index in [2.05, 4.69) is 56.3 Å². The normalized spacial score (nSPS) is 18.9. The second-order valence-electron chi connectivity index (χ2n) is 8.42. The van der Waals surface area contributed by atoms with Crippen LogP contribution in [0.3, 0.4) is 0 Å². The molecule has 0 aromatic carbocycles. The molecule has 31 heavy (non-hydrogen) atoms. The average Bonchev–Trinajstić information content (AvgIpc) is 2.82. The molecule has 1 aromatic rings. The lowest BCUT2D eigenvalue weighted by atomic mass is 9.93. The quantitative estimate of drug-likeness (QED) is 0.506. The highest BCUT2D eigenvalue weighted by atomic mass is 16.1. The van der Waals surface area contributed by atoms with Gasteiger partial charge in [0.25, 0.3) is 0 Å². The number of likely N-dealkylation sites (tertiary alicyclic amines) is 1. The van der Waals surface area contributed by atoms with Gasteiger partial charge in [-0.2, -0.15) is 0 Å². The fraction of sp³-hybridized carbons (Fsp3) is 0.696. The maximum Gasteiger partial charge on any atom is 0.220 e. The summed E-state index contributed by atoms with van der Waals surface area (Å²) in [6.45, 7) is 13.1.